The SMILES string of the molecule is Cc1cnc2n1C=CCC=C2. The van der Waals surface area contributed by atoms with Crippen molar-refractivity contribution >= 4 is 12.3 Å². The molecule has 0 atom stereocenters. The minimum atomic E-state index is 1.00. The first-order valence-electron chi connectivity index (χ1n) is 3.75. The summed E-state index contributed by atoms with van der Waals surface area (Å²) in [7, 11) is 0. The summed E-state index contributed by atoms with van der Waals surface area (Å²) >= 11 is 0. The number of imidazole rings is 1. The second-order valence-electron chi connectivity index (χ2n) is 2.65. The predicted octanol–water partition coefficient (Wildman–Crippen LogP) is 2.08. The van der Waals surface area contributed by atoms with E-state index in [2.05, 4.69) is 34.8 Å². The molecule has 2 rings (SSSR count). The largest absolute Gasteiger partial charge is 0.305 e. The molecular weight excluding hydrogens is 136 g/mol. The Morgan fingerprint density at radius 2 is 2.36 bits per heavy atom. The van der Waals surface area contributed by atoms with Crippen LogP contribution in [0, 0.1) is 6.92 Å². The number of nitrogens with zero attached hydrogens (tertiary/aromatic N) is 2. The van der Waals surface area contributed by atoms with Crippen LogP contribution in [0.1, 0.15) is 17.9 Å². The van der Waals surface area contributed by atoms with Gasteiger partial charge < -0.3 is 4.57 Å². The first kappa shape index (κ1) is 6.40. The summed E-state index contributed by atoms with van der Waals surface area (Å²) in [5, 5.41) is 0. The zero-order valence-corrected chi connectivity index (χ0v) is 6.49. The molecule has 0 fully saturated rings. The number of hydrogen-bond acceptors (Lipinski definition) is 1. The second-order valence-corrected chi connectivity index (χ2v) is 2.65. The molecule has 0 radical (unpaired) electrons. The third-order valence-electron chi connectivity index (χ3n) is 1.80. The molecule has 0 spiro atoms. The lowest BCUT2D eigenvalue weighted by Gasteiger charge is -1.96. The van der Waals surface area contributed by atoms with Crippen molar-refractivity contribution in [3.8, 4) is 0 Å². The topological polar surface area (TPSA) is 17.8 Å². The lowest BCUT2D eigenvalue weighted by atomic mass is 10.4. The van der Waals surface area contributed by atoms with E-state index in [0.29, 0.717) is 0 Å². The fraction of sp³-hybridized carbons (Fsp3) is 0.222. The molecule has 0 amide bonds. The van der Waals surface area contributed by atoms with Gasteiger partial charge in [0.05, 0.1) is 0 Å². The van der Waals surface area contributed by atoms with Gasteiger partial charge in [-0.25, -0.2) is 4.98 Å². The highest BCUT2D eigenvalue weighted by Gasteiger charge is 2.01. The average molecular weight is 146 g/mol. The molecule has 0 N–H and O–H groups in total. The maximum Gasteiger partial charge on any atom is 0.136 e. The Bertz CT molecular complexity index is 318. The van der Waals surface area contributed by atoms with Gasteiger partial charge in [-0.3, -0.25) is 0 Å². The van der Waals surface area contributed by atoms with Gasteiger partial charge in [-0.1, -0.05) is 12.2 Å². The quantitative estimate of drug-likeness (QED) is 0.548. The highest BCUT2D eigenvalue weighted by atomic mass is 15.1. The van der Waals surface area contributed by atoms with E-state index in [-0.39, 0.29) is 0 Å². The first-order valence-corrected chi connectivity index (χ1v) is 3.75. The molecule has 1 aliphatic rings. The van der Waals surface area contributed by atoms with Gasteiger partial charge >= 0.3 is 0 Å². The molecule has 1 aromatic rings. The molecule has 1 aliphatic heterocycles. The number of fused-ring (bicyclic) bond motifs is 1. The molecule has 0 saturated heterocycles. The Hall–Kier alpha value is -1.31. The van der Waals surface area contributed by atoms with Crippen molar-refractivity contribution in [2.24, 2.45) is 0 Å². The average Bonchev–Trinajstić information content (AvgIpc) is 2.25. The van der Waals surface area contributed by atoms with Crippen molar-refractivity contribution in [3.63, 3.8) is 0 Å². The van der Waals surface area contributed by atoms with E-state index in [0.717, 1.165) is 12.2 Å². The van der Waals surface area contributed by atoms with Crippen LogP contribution in [0.2, 0.25) is 0 Å². The fourth-order valence-electron chi connectivity index (χ4n) is 1.20. The summed E-state index contributed by atoms with van der Waals surface area (Å²) in [5.74, 6) is 1.02. The third kappa shape index (κ3) is 1.00. The molecule has 1 aromatic heterocycles. The number of rotatable bonds is 0. The van der Waals surface area contributed by atoms with Gasteiger partial charge in [-0.15, -0.1) is 0 Å². The van der Waals surface area contributed by atoms with E-state index < -0.39 is 0 Å². The Morgan fingerprint density at radius 1 is 1.45 bits per heavy atom. The summed E-state index contributed by atoms with van der Waals surface area (Å²) in [5.41, 5.74) is 1.18. The van der Waals surface area contributed by atoms with Crippen LogP contribution in [0.3, 0.4) is 0 Å². The summed E-state index contributed by atoms with van der Waals surface area (Å²) in [6.45, 7) is 2.06. The second kappa shape index (κ2) is 2.38. The van der Waals surface area contributed by atoms with E-state index in [1.165, 1.54) is 5.69 Å². The van der Waals surface area contributed by atoms with Crippen LogP contribution in [-0.2, 0) is 0 Å². The van der Waals surface area contributed by atoms with Crippen molar-refractivity contribution in [3.05, 3.63) is 29.9 Å². The summed E-state index contributed by atoms with van der Waals surface area (Å²) in [6.07, 6.45) is 11.2. The molecular formula is C9H10N2. The zero-order chi connectivity index (χ0) is 7.68. The van der Waals surface area contributed by atoms with Gasteiger partial charge in [0.15, 0.2) is 0 Å². The molecule has 0 bridgehead atoms. The van der Waals surface area contributed by atoms with E-state index in [9.17, 15) is 0 Å². The lowest BCUT2D eigenvalue weighted by Crippen LogP contribution is -1.90. The minimum Gasteiger partial charge on any atom is -0.305 e. The van der Waals surface area contributed by atoms with E-state index in [4.69, 9.17) is 0 Å². The van der Waals surface area contributed by atoms with Crippen LogP contribution < -0.4 is 0 Å². The smallest absolute Gasteiger partial charge is 0.136 e. The maximum atomic E-state index is 4.24. The standard InChI is InChI=1S/C9H10N2/c1-8-7-10-9-5-3-2-4-6-11(8)9/h3-7H,2H2,1H3. The molecule has 0 aliphatic carbocycles. The number of allylic oxidation sites excluding steroid dienone is 2. The molecule has 11 heavy (non-hydrogen) atoms. The van der Waals surface area contributed by atoms with Gasteiger partial charge in [0.2, 0.25) is 0 Å². The Labute approximate surface area is 65.9 Å². The lowest BCUT2D eigenvalue weighted by molar-refractivity contribution is 1.05. The van der Waals surface area contributed by atoms with Crippen molar-refractivity contribution in [1.29, 1.82) is 0 Å². The number of aromatic nitrogens is 2. The Kier molecular flexibility index (Phi) is 1.39. The van der Waals surface area contributed by atoms with Crippen molar-refractivity contribution in [1.82, 2.24) is 9.55 Å². The molecule has 0 unspecified atom stereocenters. The van der Waals surface area contributed by atoms with E-state index >= 15 is 0 Å². The van der Waals surface area contributed by atoms with Crippen molar-refractivity contribution in [2.45, 2.75) is 13.3 Å². The van der Waals surface area contributed by atoms with Crippen LogP contribution in [0.5, 0.6) is 0 Å². The van der Waals surface area contributed by atoms with E-state index in [1.807, 2.05) is 12.3 Å². The molecule has 0 saturated carbocycles. The van der Waals surface area contributed by atoms with Crippen LogP contribution in [0.15, 0.2) is 18.3 Å². The number of aryl methyl sites for hydroxylation is 1. The molecule has 0 aromatic carbocycles. The summed E-state index contributed by atoms with van der Waals surface area (Å²) < 4.78 is 2.09. The predicted molar refractivity (Wildman–Crippen MR) is 45.9 cm³/mol. The Balaban J connectivity index is 2.60. The van der Waals surface area contributed by atoms with Crippen molar-refractivity contribution < 1.29 is 0 Å². The van der Waals surface area contributed by atoms with Gasteiger partial charge in [-0.2, -0.15) is 0 Å². The molecule has 56 valence electrons. The highest BCUT2D eigenvalue weighted by Crippen LogP contribution is 2.10. The molecule has 2 heteroatoms. The summed E-state index contributed by atoms with van der Waals surface area (Å²) in [6, 6.07) is 0. The minimum absolute atomic E-state index is 1.00. The zero-order valence-electron chi connectivity index (χ0n) is 6.49. The monoisotopic (exact) mass is 146 g/mol. The fourth-order valence-corrected chi connectivity index (χ4v) is 1.20. The van der Waals surface area contributed by atoms with Gasteiger partial charge in [0, 0.05) is 18.1 Å². The third-order valence-corrected chi connectivity index (χ3v) is 1.80. The van der Waals surface area contributed by atoms with Crippen LogP contribution in [-0.4, -0.2) is 9.55 Å². The van der Waals surface area contributed by atoms with Gasteiger partial charge in [0.25, 0.3) is 0 Å². The van der Waals surface area contributed by atoms with Gasteiger partial charge in [0.1, 0.15) is 5.82 Å². The van der Waals surface area contributed by atoms with Crippen molar-refractivity contribution in [2.75, 3.05) is 0 Å². The first-order chi connectivity index (χ1) is 5.38. The normalized spacial score (nSPS) is 14.6. The summed E-state index contributed by atoms with van der Waals surface area (Å²) in [4.78, 5) is 4.24. The van der Waals surface area contributed by atoms with Crippen LogP contribution >= 0.6 is 0 Å². The highest BCUT2D eigenvalue weighted by molar-refractivity contribution is 5.49. The molecule has 2 nitrogen and oxygen atoms in total. The van der Waals surface area contributed by atoms with E-state index in [1.54, 1.807) is 0 Å². The van der Waals surface area contributed by atoms with Crippen LogP contribution in [0.25, 0.3) is 12.3 Å². The number of hydrogen-bond donors (Lipinski definition) is 0. The van der Waals surface area contributed by atoms with Crippen LogP contribution in [0.4, 0.5) is 0 Å². The Morgan fingerprint density at radius 3 is 3.27 bits per heavy atom. The molecule has 2 heterocycles. The maximum absolute atomic E-state index is 4.24. The van der Waals surface area contributed by atoms with Gasteiger partial charge in [-0.05, 0) is 19.4 Å².